The highest BCUT2D eigenvalue weighted by Gasteiger charge is 2.28. The fourth-order valence-electron chi connectivity index (χ4n) is 2.42. The molecule has 1 aromatic heterocycles. The average Bonchev–Trinajstić information content (AvgIpc) is 3.10. The maximum Gasteiger partial charge on any atom is 0.257 e. The van der Waals surface area contributed by atoms with Crippen LogP contribution in [0.2, 0.25) is 5.02 Å². The van der Waals surface area contributed by atoms with Crippen LogP contribution in [0.5, 0.6) is 0 Å². The largest absolute Gasteiger partial charge is 0.391 e. The molecule has 1 aromatic carbocycles. The first-order chi connectivity index (χ1) is 10.1. The Balaban J connectivity index is 1.93. The van der Waals surface area contributed by atoms with Gasteiger partial charge in [-0.25, -0.2) is 4.39 Å². The summed E-state index contributed by atoms with van der Waals surface area (Å²) >= 11 is 5.77. The van der Waals surface area contributed by atoms with E-state index < -0.39 is 11.9 Å². The van der Waals surface area contributed by atoms with Crippen molar-refractivity contribution in [3.05, 3.63) is 40.8 Å². The molecule has 2 heterocycles. The second-order valence-corrected chi connectivity index (χ2v) is 5.39. The molecule has 0 unspecified atom stereocenters. The Bertz CT molecular complexity index is 689. The van der Waals surface area contributed by atoms with E-state index in [1.807, 2.05) is 0 Å². The van der Waals surface area contributed by atoms with Gasteiger partial charge in [-0.15, -0.1) is 0 Å². The Labute approximate surface area is 125 Å². The number of aliphatic hydroxyl groups is 1. The number of hydrogen-bond donors (Lipinski definition) is 2. The number of aliphatic hydroxyl groups excluding tert-OH is 1. The smallest absolute Gasteiger partial charge is 0.257 e. The molecule has 0 aliphatic carbocycles. The minimum absolute atomic E-state index is 0.0166. The minimum Gasteiger partial charge on any atom is -0.391 e. The van der Waals surface area contributed by atoms with Gasteiger partial charge in [0, 0.05) is 18.7 Å². The first-order valence-corrected chi connectivity index (χ1v) is 6.90. The number of benzene rings is 1. The number of halogens is 2. The molecule has 0 saturated carbocycles. The van der Waals surface area contributed by atoms with Crippen LogP contribution in [0.3, 0.4) is 0 Å². The fraction of sp³-hybridized carbons (Fsp3) is 0.286. The van der Waals surface area contributed by atoms with E-state index in [1.54, 1.807) is 4.90 Å². The van der Waals surface area contributed by atoms with Crippen molar-refractivity contribution < 1.29 is 14.3 Å². The maximum absolute atomic E-state index is 13.2. The summed E-state index contributed by atoms with van der Waals surface area (Å²) in [5.74, 6) is -0.730. The Morgan fingerprint density at radius 2 is 2.33 bits per heavy atom. The molecule has 0 spiro atoms. The van der Waals surface area contributed by atoms with Crippen molar-refractivity contribution in [1.82, 2.24) is 15.1 Å². The van der Waals surface area contributed by atoms with Crippen LogP contribution in [-0.2, 0) is 0 Å². The van der Waals surface area contributed by atoms with Crippen LogP contribution in [0.15, 0.2) is 24.4 Å². The van der Waals surface area contributed by atoms with Crippen LogP contribution in [0.1, 0.15) is 16.8 Å². The number of β-amino-alcohol motifs (C(OH)–C–C–N with tert-alkyl or cyclic N) is 1. The van der Waals surface area contributed by atoms with Crippen LogP contribution < -0.4 is 0 Å². The highest BCUT2D eigenvalue weighted by atomic mass is 35.5. The van der Waals surface area contributed by atoms with Crippen molar-refractivity contribution in [2.75, 3.05) is 13.1 Å². The summed E-state index contributed by atoms with van der Waals surface area (Å²) in [5, 5.41) is 16.1. The van der Waals surface area contributed by atoms with Crippen LogP contribution in [0.25, 0.3) is 11.3 Å². The molecule has 1 aliphatic heterocycles. The molecule has 21 heavy (non-hydrogen) atoms. The zero-order valence-electron chi connectivity index (χ0n) is 11.0. The SMILES string of the molecule is O=C(c1cn[nH]c1-c1ccc(F)c(Cl)c1)N1CC[C@@H](O)C1. The molecule has 1 saturated heterocycles. The van der Waals surface area contributed by atoms with E-state index in [2.05, 4.69) is 10.2 Å². The molecule has 0 bridgehead atoms. The Morgan fingerprint density at radius 1 is 1.52 bits per heavy atom. The van der Waals surface area contributed by atoms with E-state index in [4.69, 9.17) is 11.6 Å². The van der Waals surface area contributed by atoms with Gasteiger partial charge < -0.3 is 10.0 Å². The monoisotopic (exact) mass is 309 g/mol. The fourth-order valence-corrected chi connectivity index (χ4v) is 2.60. The number of likely N-dealkylation sites (tertiary alicyclic amines) is 1. The van der Waals surface area contributed by atoms with Gasteiger partial charge in [-0.1, -0.05) is 11.6 Å². The third-order valence-corrected chi connectivity index (χ3v) is 3.82. The topological polar surface area (TPSA) is 69.2 Å². The summed E-state index contributed by atoms with van der Waals surface area (Å²) in [6.45, 7) is 0.822. The van der Waals surface area contributed by atoms with Gasteiger partial charge in [0.2, 0.25) is 0 Å². The van der Waals surface area contributed by atoms with Crippen LogP contribution in [-0.4, -0.2) is 45.3 Å². The van der Waals surface area contributed by atoms with Crippen LogP contribution in [0.4, 0.5) is 4.39 Å². The standard InChI is InChI=1S/C14H13ClFN3O2/c15-11-5-8(1-2-12(11)16)13-10(6-17-18-13)14(21)19-4-3-9(20)7-19/h1-2,5-6,9,20H,3-4,7H2,(H,17,18)/t9-/m1/s1. The molecule has 5 nitrogen and oxygen atoms in total. The lowest BCUT2D eigenvalue weighted by Gasteiger charge is -2.15. The Hall–Kier alpha value is -1.92. The predicted molar refractivity (Wildman–Crippen MR) is 75.5 cm³/mol. The van der Waals surface area contributed by atoms with Gasteiger partial charge in [0.15, 0.2) is 0 Å². The van der Waals surface area contributed by atoms with Crippen molar-refractivity contribution in [1.29, 1.82) is 0 Å². The zero-order valence-corrected chi connectivity index (χ0v) is 11.8. The highest BCUT2D eigenvalue weighted by Crippen LogP contribution is 2.27. The lowest BCUT2D eigenvalue weighted by molar-refractivity contribution is 0.0766. The van der Waals surface area contributed by atoms with Gasteiger partial charge in [-0.05, 0) is 24.6 Å². The highest BCUT2D eigenvalue weighted by molar-refractivity contribution is 6.31. The number of nitrogens with zero attached hydrogens (tertiary/aromatic N) is 2. The van der Waals surface area contributed by atoms with Crippen LogP contribution in [0, 0.1) is 5.82 Å². The van der Waals surface area contributed by atoms with Crippen molar-refractivity contribution in [3.8, 4) is 11.3 Å². The van der Waals surface area contributed by atoms with Crippen molar-refractivity contribution >= 4 is 17.5 Å². The van der Waals surface area contributed by atoms with Crippen molar-refractivity contribution in [3.63, 3.8) is 0 Å². The van der Waals surface area contributed by atoms with Gasteiger partial charge in [-0.2, -0.15) is 5.10 Å². The lowest BCUT2D eigenvalue weighted by atomic mass is 10.1. The molecule has 7 heteroatoms. The van der Waals surface area contributed by atoms with Gasteiger partial charge >= 0.3 is 0 Å². The summed E-state index contributed by atoms with van der Waals surface area (Å²) in [4.78, 5) is 14.0. The number of H-pyrrole nitrogens is 1. The first-order valence-electron chi connectivity index (χ1n) is 6.52. The molecular weight excluding hydrogens is 297 g/mol. The number of rotatable bonds is 2. The quantitative estimate of drug-likeness (QED) is 0.892. The summed E-state index contributed by atoms with van der Waals surface area (Å²) in [6.07, 6.45) is 1.52. The van der Waals surface area contributed by atoms with E-state index in [9.17, 15) is 14.3 Å². The Morgan fingerprint density at radius 3 is 3.00 bits per heavy atom. The number of aromatic nitrogens is 2. The number of carbonyl (C=O) groups is 1. The van der Waals surface area contributed by atoms with E-state index in [-0.39, 0.29) is 10.9 Å². The van der Waals surface area contributed by atoms with Crippen molar-refractivity contribution in [2.45, 2.75) is 12.5 Å². The van der Waals surface area contributed by atoms with E-state index in [1.165, 1.54) is 24.4 Å². The van der Waals surface area contributed by atoms with E-state index in [0.717, 1.165) is 0 Å². The molecular formula is C14H13ClFN3O2. The molecule has 1 amide bonds. The second kappa shape index (κ2) is 5.46. The molecule has 110 valence electrons. The average molecular weight is 310 g/mol. The number of aromatic amines is 1. The summed E-state index contributed by atoms with van der Waals surface area (Å²) in [5.41, 5.74) is 1.46. The predicted octanol–water partition coefficient (Wildman–Crippen LogP) is 2.08. The number of carbonyl (C=O) groups excluding carboxylic acids is 1. The summed E-state index contributed by atoms with van der Waals surface area (Å²) < 4.78 is 13.2. The van der Waals surface area contributed by atoms with Gasteiger partial charge in [0.25, 0.3) is 5.91 Å². The molecule has 0 radical (unpaired) electrons. The maximum atomic E-state index is 13.2. The molecule has 2 N–H and O–H groups in total. The van der Waals surface area contributed by atoms with Gasteiger partial charge in [-0.3, -0.25) is 9.89 Å². The Kier molecular flexibility index (Phi) is 3.65. The van der Waals surface area contributed by atoms with E-state index in [0.29, 0.717) is 36.3 Å². The van der Waals surface area contributed by atoms with Gasteiger partial charge in [0.05, 0.1) is 28.6 Å². The van der Waals surface area contributed by atoms with E-state index >= 15 is 0 Å². The number of nitrogens with one attached hydrogen (secondary N) is 1. The first kappa shape index (κ1) is 14.0. The molecule has 2 aromatic rings. The third-order valence-electron chi connectivity index (χ3n) is 3.53. The minimum atomic E-state index is -0.518. The molecule has 1 aliphatic rings. The number of amides is 1. The van der Waals surface area contributed by atoms with Crippen LogP contribution >= 0.6 is 11.6 Å². The van der Waals surface area contributed by atoms with Gasteiger partial charge in [0.1, 0.15) is 5.82 Å². The summed E-state index contributed by atoms with van der Waals surface area (Å²) in [7, 11) is 0. The number of hydrogen-bond acceptors (Lipinski definition) is 3. The second-order valence-electron chi connectivity index (χ2n) is 4.98. The molecule has 1 atom stereocenters. The lowest BCUT2D eigenvalue weighted by Crippen LogP contribution is -2.29. The molecule has 1 fully saturated rings. The molecule has 3 rings (SSSR count). The normalized spacial score (nSPS) is 18.2. The third kappa shape index (κ3) is 2.64. The summed E-state index contributed by atoms with van der Waals surface area (Å²) in [6, 6.07) is 4.22. The zero-order chi connectivity index (χ0) is 15.0. The van der Waals surface area contributed by atoms with Crippen molar-refractivity contribution in [2.24, 2.45) is 0 Å².